The van der Waals surface area contributed by atoms with Gasteiger partial charge in [0.2, 0.25) is 17.7 Å². The van der Waals surface area contributed by atoms with E-state index in [-0.39, 0.29) is 28.7 Å². The summed E-state index contributed by atoms with van der Waals surface area (Å²) in [4.78, 5) is 45.4. The lowest BCUT2D eigenvalue weighted by Crippen LogP contribution is -2.35. The molecule has 7 rings (SSSR count). The van der Waals surface area contributed by atoms with Gasteiger partial charge in [0.05, 0.1) is 52.7 Å². The summed E-state index contributed by atoms with van der Waals surface area (Å²) in [6, 6.07) is 11.0. The molecule has 0 unspecified atom stereocenters. The summed E-state index contributed by atoms with van der Waals surface area (Å²) in [5.74, 6) is 1.09. The van der Waals surface area contributed by atoms with Crippen molar-refractivity contribution in [2.24, 2.45) is 7.05 Å². The van der Waals surface area contributed by atoms with Gasteiger partial charge in [0.15, 0.2) is 5.82 Å². The summed E-state index contributed by atoms with van der Waals surface area (Å²) >= 11 is 13.9. The number of halogens is 2. The predicted octanol–water partition coefficient (Wildman–Crippen LogP) is 5.03. The van der Waals surface area contributed by atoms with E-state index in [1.54, 1.807) is 50.0 Å². The van der Waals surface area contributed by atoms with Gasteiger partial charge in [-0.1, -0.05) is 41.4 Å². The smallest absolute Gasteiger partial charge is 0.291 e. The Labute approximate surface area is 298 Å². The number of methoxy groups -OCH3 is 1. The van der Waals surface area contributed by atoms with Crippen LogP contribution in [0.4, 0.5) is 5.69 Å². The van der Waals surface area contributed by atoms with Gasteiger partial charge in [0, 0.05) is 80.7 Å². The number of hydrogen-bond acceptors (Lipinski definition) is 10. The summed E-state index contributed by atoms with van der Waals surface area (Å²) in [5, 5.41) is 9.90. The van der Waals surface area contributed by atoms with E-state index in [1.165, 1.54) is 0 Å². The number of fused-ring (bicyclic) bond motifs is 1. The monoisotopic (exact) mass is 715 g/mol. The number of aromatic nitrogens is 5. The van der Waals surface area contributed by atoms with Crippen molar-refractivity contribution in [2.45, 2.75) is 44.9 Å². The Bertz CT molecular complexity index is 2050. The average Bonchev–Trinajstić information content (AvgIpc) is 3.87. The number of anilines is 1. The van der Waals surface area contributed by atoms with E-state index < -0.39 is 0 Å². The van der Waals surface area contributed by atoms with Gasteiger partial charge in [0.1, 0.15) is 6.26 Å². The number of carbonyl (C=O) groups is 2. The van der Waals surface area contributed by atoms with Gasteiger partial charge in [-0.25, -0.2) is 15.0 Å². The predicted molar refractivity (Wildman–Crippen MR) is 188 cm³/mol. The third kappa shape index (κ3) is 6.94. The van der Waals surface area contributed by atoms with Crippen LogP contribution in [0.3, 0.4) is 0 Å². The molecule has 0 spiro atoms. The molecule has 6 heterocycles. The van der Waals surface area contributed by atoms with Crippen LogP contribution >= 0.6 is 23.2 Å². The highest BCUT2D eigenvalue weighted by Crippen LogP contribution is 2.40. The van der Waals surface area contributed by atoms with Gasteiger partial charge in [-0.15, -0.1) is 0 Å². The Kier molecular flexibility index (Phi) is 9.81. The number of ether oxygens (including phenoxy) is 1. The van der Waals surface area contributed by atoms with Crippen LogP contribution in [-0.4, -0.2) is 67.5 Å². The van der Waals surface area contributed by atoms with Crippen LogP contribution in [0.25, 0.3) is 22.5 Å². The zero-order chi connectivity index (χ0) is 34.8. The number of benzene rings is 1. The Morgan fingerprint density at radius 2 is 1.96 bits per heavy atom. The molecule has 3 N–H and O–H groups in total. The van der Waals surface area contributed by atoms with Crippen LogP contribution in [0, 0.1) is 0 Å². The molecule has 2 aliphatic rings. The van der Waals surface area contributed by atoms with E-state index >= 15 is 0 Å². The molecular formula is C35H35Cl2N9O4. The summed E-state index contributed by atoms with van der Waals surface area (Å²) in [6.45, 7) is 3.12. The van der Waals surface area contributed by atoms with Crippen LogP contribution in [-0.2, 0) is 37.9 Å². The Hall–Kier alpha value is -4.82. The number of oxazole rings is 1. The minimum atomic E-state index is -0.383. The molecule has 50 heavy (non-hydrogen) atoms. The second kappa shape index (κ2) is 14.6. The molecule has 15 heteroatoms. The van der Waals surface area contributed by atoms with E-state index in [9.17, 15) is 9.59 Å². The topological polar surface area (TPSA) is 152 Å². The summed E-state index contributed by atoms with van der Waals surface area (Å²) < 4.78 is 12.9. The minimum absolute atomic E-state index is 0.0856. The number of imidazole rings is 1. The van der Waals surface area contributed by atoms with Crippen LogP contribution in [0.1, 0.15) is 46.3 Å². The second-order valence-electron chi connectivity index (χ2n) is 12.2. The second-order valence-corrected chi connectivity index (χ2v) is 13.0. The van der Waals surface area contributed by atoms with Crippen LogP contribution < -0.4 is 20.7 Å². The van der Waals surface area contributed by atoms with E-state index in [1.807, 2.05) is 23.7 Å². The number of carbonyl (C=O) groups excluding carboxylic acids is 2. The number of rotatable bonds is 11. The maximum absolute atomic E-state index is 13.6. The first-order valence-corrected chi connectivity index (χ1v) is 17.0. The Morgan fingerprint density at radius 1 is 1.08 bits per heavy atom. The summed E-state index contributed by atoms with van der Waals surface area (Å²) in [7, 11) is 3.42. The van der Waals surface area contributed by atoms with Gasteiger partial charge < -0.3 is 29.7 Å². The lowest BCUT2D eigenvalue weighted by molar-refractivity contribution is -0.119. The molecule has 13 nitrogen and oxygen atoms in total. The van der Waals surface area contributed by atoms with Crippen molar-refractivity contribution in [1.82, 2.24) is 40.0 Å². The van der Waals surface area contributed by atoms with Crippen LogP contribution in [0.15, 0.2) is 59.5 Å². The van der Waals surface area contributed by atoms with Gasteiger partial charge >= 0.3 is 0 Å². The number of nitrogens with zero attached hydrogens (tertiary/aromatic N) is 6. The maximum Gasteiger partial charge on any atom is 0.291 e. The number of amides is 2. The highest BCUT2D eigenvalue weighted by Gasteiger charge is 2.27. The van der Waals surface area contributed by atoms with E-state index in [0.29, 0.717) is 77.6 Å². The fourth-order valence-electron chi connectivity index (χ4n) is 6.40. The first-order chi connectivity index (χ1) is 24.3. The normalized spacial score (nSPS) is 15.9. The number of hydrogen-bond donors (Lipinski definition) is 3. The largest absolute Gasteiger partial charge is 0.481 e. The van der Waals surface area contributed by atoms with Crippen molar-refractivity contribution in [2.75, 3.05) is 25.5 Å². The first-order valence-electron chi connectivity index (χ1n) is 16.2. The molecule has 0 bridgehead atoms. The molecule has 2 aliphatic heterocycles. The van der Waals surface area contributed by atoms with Crippen molar-refractivity contribution in [3.8, 4) is 28.4 Å². The van der Waals surface area contributed by atoms with Crippen LogP contribution in [0.5, 0.6) is 5.88 Å². The molecular weight excluding hydrogens is 681 g/mol. The summed E-state index contributed by atoms with van der Waals surface area (Å²) in [5.41, 5.74) is 5.35. The fraction of sp³-hybridized carbons (Fsp3) is 0.314. The molecule has 0 radical (unpaired) electrons. The molecule has 0 aliphatic carbocycles. The highest BCUT2D eigenvalue weighted by atomic mass is 35.5. The highest BCUT2D eigenvalue weighted by molar-refractivity contribution is 6.39. The standard InChI is InChI=1S/C35H35Cl2N9O4/c1-45-27-11-14-46(19-29-39-13-15-50-29)18-26(27)42-33(45)34(48)43-25-5-3-4-23(30(25)36)32-31(37)22(10-12-40-32)24-8-6-20(35(44-24)49-2)16-38-17-21-7-9-28(47)41-21/h3-6,8,10,12-13,15,21,38H,7,9,11,14,16-19H2,1-2H3,(H,41,47)(H,43,48)/t21-/m1/s1. The fourth-order valence-corrected chi connectivity index (χ4v) is 6.98. The van der Waals surface area contributed by atoms with Gasteiger partial charge in [-0.2, -0.15) is 0 Å². The minimum Gasteiger partial charge on any atom is -0.481 e. The lowest BCUT2D eigenvalue weighted by atomic mass is 10.1. The molecule has 258 valence electrons. The molecule has 1 atom stereocenters. The molecule has 4 aromatic heterocycles. The molecule has 1 saturated heterocycles. The van der Waals surface area contributed by atoms with Crippen molar-refractivity contribution in [3.05, 3.63) is 93.8 Å². The van der Waals surface area contributed by atoms with Crippen molar-refractivity contribution in [3.63, 3.8) is 0 Å². The van der Waals surface area contributed by atoms with Gasteiger partial charge in [-0.05, 0) is 24.6 Å². The Morgan fingerprint density at radius 3 is 2.74 bits per heavy atom. The van der Waals surface area contributed by atoms with Crippen molar-refractivity contribution < 1.29 is 18.7 Å². The molecule has 1 fully saturated rings. The number of nitrogens with one attached hydrogen (secondary N) is 3. The first kappa shape index (κ1) is 33.7. The Balaban J connectivity index is 1.07. The maximum atomic E-state index is 13.6. The molecule has 5 aromatic rings. The molecule has 0 saturated carbocycles. The third-order valence-corrected chi connectivity index (χ3v) is 9.76. The zero-order valence-corrected chi connectivity index (χ0v) is 29.0. The SMILES string of the molecule is COc1nc(-c2ccnc(-c3cccc(NC(=O)c4nc5c(n4C)CCN(Cc4ncco4)C5)c3Cl)c2Cl)ccc1CNC[C@H]1CCC(=O)N1. The molecule has 2 amide bonds. The lowest BCUT2D eigenvalue weighted by Gasteiger charge is -2.25. The van der Waals surface area contributed by atoms with Gasteiger partial charge in [0.25, 0.3) is 5.91 Å². The molecule has 1 aromatic carbocycles. The summed E-state index contributed by atoms with van der Waals surface area (Å²) in [6.07, 6.45) is 6.95. The third-order valence-electron chi connectivity index (χ3n) is 8.97. The van der Waals surface area contributed by atoms with E-state index in [4.69, 9.17) is 42.3 Å². The van der Waals surface area contributed by atoms with Crippen molar-refractivity contribution >= 4 is 40.7 Å². The van der Waals surface area contributed by atoms with E-state index in [0.717, 1.165) is 36.3 Å². The van der Waals surface area contributed by atoms with Gasteiger partial charge in [-0.3, -0.25) is 19.5 Å². The zero-order valence-electron chi connectivity index (χ0n) is 27.5. The number of pyridine rings is 2. The van der Waals surface area contributed by atoms with Crippen LogP contribution in [0.2, 0.25) is 10.0 Å². The van der Waals surface area contributed by atoms with Crippen molar-refractivity contribution in [1.29, 1.82) is 0 Å². The quantitative estimate of drug-likeness (QED) is 0.170. The average molecular weight is 717 g/mol. The van der Waals surface area contributed by atoms with E-state index in [2.05, 4.69) is 30.8 Å².